The minimum absolute atomic E-state index is 0.235. The zero-order valence-electron chi connectivity index (χ0n) is 14.3. The minimum atomic E-state index is -0.904. The van der Waals surface area contributed by atoms with Crippen LogP contribution in [-0.4, -0.2) is 41.9 Å². The molecule has 0 aliphatic carbocycles. The molecule has 25 heavy (non-hydrogen) atoms. The Bertz CT molecular complexity index is 718. The van der Waals surface area contributed by atoms with E-state index in [-0.39, 0.29) is 6.10 Å². The van der Waals surface area contributed by atoms with E-state index in [0.29, 0.717) is 18.7 Å². The molecule has 0 amide bonds. The molecule has 6 heteroatoms. The van der Waals surface area contributed by atoms with Gasteiger partial charge in [0.1, 0.15) is 5.82 Å². The Morgan fingerprint density at radius 2 is 2.16 bits per heavy atom. The maximum Gasteiger partial charge on any atom is 0.335 e. The van der Waals surface area contributed by atoms with Crippen molar-refractivity contribution in [1.82, 2.24) is 10.3 Å². The maximum atomic E-state index is 11.0. The molecular formula is C19H23N3O3. The molecule has 1 fully saturated rings. The SMILES string of the molecule is CC1CN(c2ccc(CNCc3cccc(C(=O)O)c3)cn2)CCO1. The quantitative estimate of drug-likeness (QED) is 0.840. The lowest BCUT2D eigenvalue weighted by Crippen LogP contribution is -2.41. The summed E-state index contributed by atoms with van der Waals surface area (Å²) in [6, 6.07) is 11.1. The van der Waals surface area contributed by atoms with Crippen LogP contribution in [0.3, 0.4) is 0 Å². The van der Waals surface area contributed by atoms with Crippen molar-refractivity contribution in [2.45, 2.75) is 26.1 Å². The van der Waals surface area contributed by atoms with Crippen LogP contribution in [0.25, 0.3) is 0 Å². The smallest absolute Gasteiger partial charge is 0.335 e. The normalized spacial score (nSPS) is 17.5. The lowest BCUT2D eigenvalue weighted by molar-refractivity contribution is 0.0529. The Balaban J connectivity index is 1.52. The first-order chi connectivity index (χ1) is 12.1. The summed E-state index contributed by atoms with van der Waals surface area (Å²) in [6.07, 6.45) is 2.12. The Morgan fingerprint density at radius 1 is 1.32 bits per heavy atom. The van der Waals surface area contributed by atoms with E-state index >= 15 is 0 Å². The molecule has 132 valence electrons. The summed E-state index contributed by atoms with van der Waals surface area (Å²) in [4.78, 5) is 17.8. The number of carboxylic acids is 1. The Morgan fingerprint density at radius 3 is 2.88 bits per heavy atom. The fraction of sp³-hybridized carbons (Fsp3) is 0.368. The van der Waals surface area contributed by atoms with Crippen LogP contribution in [0.15, 0.2) is 42.6 Å². The molecule has 2 N–H and O–H groups in total. The lowest BCUT2D eigenvalue weighted by Gasteiger charge is -2.32. The lowest BCUT2D eigenvalue weighted by atomic mass is 10.1. The van der Waals surface area contributed by atoms with E-state index in [4.69, 9.17) is 9.84 Å². The van der Waals surface area contributed by atoms with Gasteiger partial charge < -0.3 is 20.1 Å². The second-order valence-electron chi connectivity index (χ2n) is 6.26. The zero-order valence-corrected chi connectivity index (χ0v) is 14.3. The highest BCUT2D eigenvalue weighted by atomic mass is 16.5. The number of aromatic carboxylic acids is 1. The van der Waals surface area contributed by atoms with Crippen molar-refractivity contribution >= 4 is 11.8 Å². The number of carbonyl (C=O) groups is 1. The largest absolute Gasteiger partial charge is 0.478 e. The topological polar surface area (TPSA) is 74.7 Å². The third-order valence-electron chi connectivity index (χ3n) is 4.21. The van der Waals surface area contributed by atoms with Crippen LogP contribution in [-0.2, 0) is 17.8 Å². The first kappa shape index (κ1) is 17.4. The van der Waals surface area contributed by atoms with Crippen molar-refractivity contribution in [3.63, 3.8) is 0 Å². The molecule has 1 aliphatic rings. The molecule has 0 spiro atoms. The van der Waals surface area contributed by atoms with Crippen LogP contribution < -0.4 is 10.2 Å². The predicted octanol–water partition coefficient (Wildman–Crippen LogP) is 2.29. The first-order valence-corrected chi connectivity index (χ1v) is 8.46. The van der Waals surface area contributed by atoms with Crippen molar-refractivity contribution in [2.75, 3.05) is 24.6 Å². The number of rotatable bonds is 6. The third-order valence-corrected chi connectivity index (χ3v) is 4.21. The molecule has 1 aromatic heterocycles. The van der Waals surface area contributed by atoms with Crippen molar-refractivity contribution in [3.05, 3.63) is 59.3 Å². The summed E-state index contributed by atoms with van der Waals surface area (Å²) in [7, 11) is 0. The summed E-state index contributed by atoms with van der Waals surface area (Å²) in [5.74, 6) is 0.0760. The molecule has 0 radical (unpaired) electrons. The number of ether oxygens (including phenoxy) is 1. The molecule has 2 aromatic rings. The average molecular weight is 341 g/mol. The molecule has 0 bridgehead atoms. The predicted molar refractivity (Wildman–Crippen MR) is 95.8 cm³/mol. The molecule has 1 unspecified atom stereocenters. The second-order valence-corrected chi connectivity index (χ2v) is 6.26. The van der Waals surface area contributed by atoms with E-state index in [0.717, 1.165) is 36.6 Å². The van der Waals surface area contributed by atoms with Crippen molar-refractivity contribution < 1.29 is 14.6 Å². The number of carboxylic acid groups (broad SMARTS) is 1. The van der Waals surface area contributed by atoms with Gasteiger partial charge in [0.2, 0.25) is 0 Å². The van der Waals surface area contributed by atoms with Gasteiger partial charge in [0, 0.05) is 32.4 Å². The molecule has 3 rings (SSSR count). The van der Waals surface area contributed by atoms with Crippen molar-refractivity contribution in [2.24, 2.45) is 0 Å². The first-order valence-electron chi connectivity index (χ1n) is 8.46. The Kier molecular flexibility index (Phi) is 5.63. The van der Waals surface area contributed by atoms with Crippen molar-refractivity contribution in [1.29, 1.82) is 0 Å². The van der Waals surface area contributed by atoms with Gasteiger partial charge in [-0.2, -0.15) is 0 Å². The number of hydrogen-bond acceptors (Lipinski definition) is 5. The van der Waals surface area contributed by atoms with Crippen LogP contribution in [0.5, 0.6) is 0 Å². The zero-order chi connectivity index (χ0) is 17.6. The maximum absolute atomic E-state index is 11.0. The number of nitrogens with zero attached hydrogens (tertiary/aromatic N) is 2. The molecule has 1 aromatic carbocycles. The van der Waals surface area contributed by atoms with Crippen LogP contribution in [0.1, 0.15) is 28.4 Å². The van der Waals surface area contributed by atoms with E-state index in [1.54, 1.807) is 18.2 Å². The number of hydrogen-bond donors (Lipinski definition) is 2. The molecule has 1 aliphatic heterocycles. The van der Waals surface area contributed by atoms with Gasteiger partial charge in [-0.15, -0.1) is 0 Å². The number of aromatic nitrogens is 1. The number of nitrogens with one attached hydrogen (secondary N) is 1. The highest BCUT2D eigenvalue weighted by Crippen LogP contribution is 2.15. The van der Waals surface area contributed by atoms with Gasteiger partial charge in [-0.1, -0.05) is 18.2 Å². The standard InChI is InChI=1S/C19H23N3O3/c1-14-13-22(7-8-25-14)18-6-5-16(12-21-18)11-20-10-15-3-2-4-17(9-15)19(23)24/h2-6,9,12,14,20H,7-8,10-11,13H2,1H3,(H,23,24). The number of benzene rings is 1. The summed E-state index contributed by atoms with van der Waals surface area (Å²) in [5.41, 5.74) is 2.36. The number of anilines is 1. The molecule has 1 saturated heterocycles. The summed E-state index contributed by atoms with van der Waals surface area (Å²) in [6.45, 7) is 5.85. The van der Waals surface area contributed by atoms with Gasteiger partial charge in [-0.25, -0.2) is 9.78 Å². The van der Waals surface area contributed by atoms with Crippen LogP contribution in [0.4, 0.5) is 5.82 Å². The molecule has 2 heterocycles. The summed E-state index contributed by atoms with van der Waals surface area (Å²) < 4.78 is 5.56. The molecule has 6 nitrogen and oxygen atoms in total. The van der Waals surface area contributed by atoms with Crippen LogP contribution in [0, 0.1) is 0 Å². The van der Waals surface area contributed by atoms with Crippen LogP contribution >= 0.6 is 0 Å². The van der Waals surface area contributed by atoms with Crippen molar-refractivity contribution in [3.8, 4) is 0 Å². The Labute approximate surface area is 147 Å². The van der Waals surface area contributed by atoms with E-state index in [9.17, 15) is 4.79 Å². The number of pyridine rings is 1. The third kappa shape index (κ3) is 4.78. The average Bonchev–Trinajstić information content (AvgIpc) is 2.62. The van der Waals surface area contributed by atoms with E-state index < -0.39 is 5.97 Å². The summed E-state index contributed by atoms with van der Waals surface area (Å²) >= 11 is 0. The molecular weight excluding hydrogens is 318 g/mol. The van der Waals surface area contributed by atoms with Crippen LogP contribution in [0.2, 0.25) is 0 Å². The fourth-order valence-corrected chi connectivity index (χ4v) is 2.90. The molecule has 0 saturated carbocycles. The molecule has 1 atom stereocenters. The number of morpholine rings is 1. The minimum Gasteiger partial charge on any atom is -0.478 e. The highest BCUT2D eigenvalue weighted by Gasteiger charge is 2.17. The fourth-order valence-electron chi connectivity index (χ4n) is 2.90. The van der Waals surface area contributed by atoms with Gasteiger partial charge in [0.25, 0.3) is 0 Å². The Hall–Kier alpha value is -2.44. The highest BCUT2D eigenvalue weighted by molar-refractivity contribution is 5.87. The van der Waals surface area contributed by atoms with E-state index in [2.05, 4.69) is 28.2 Å². The van der Waals surface area contributed by atoms with E-state index in [1.165, 1.54) is 0 Å². The van der Waals surface area contributed by atoms with E-state index in [1.807, 2.05) is 18.3 Å². The van der Waals surface area contributed by atoms with Gasteiger partial charge in [-0.05, 0) is 36.2 Å². The second kappa shape index (κ2) is 8.09. The van der Waals surface area contributed by atoms with Gasteiger partial charge >= 0.3 is 5.97 Å². The van der Waals surface area contributed by atoms with Gasteiger partial charge in [-0.3, -0.25) is 0 Å². The monoisotopic (exact) mass is 341 g/mol. The van der Waals surface area contributed by atoms with Gasteiger partial charge in [0.15, 0.2) is 0 Å². The van der Waals surface area contributed by atoms with Gasteiger partial charge in [0.05, 0.1) is 18.3 Å². The summed E-state index contributed by atoms with van der Waals surface area (Å²) in [5, 5.41) is 12.3.